The number of anilines is 1. The maximum Gasteiger partial charge on any atom is 0.291 e. The van der Waals surface area contributed by atoms with Gasteiger partial charge in [-0.1, -0.05) is 44.2 Å². The molecule has 0 fully saturated rings. The van der Waals surface area contributed by atoms with Crippen molar-refractivity contribution >= 4 is 28.2 Å². The summed E-state index contributed by atoms with van der Waals surface area (Å²) in [4.78, 5) is 28.0. The minimum absolute atomic E-state index is 0.101. The maximum absolute atomic E-state index is 12.9. The average molecular weight is 426 g/mol. The highest BCUT2D eigenvalue weighted by molar-refractivity contribution is 7.18. The normalized spacial score (nSPS) is 12.0. The molecule has 1 aromatic carbocycles. The van der Waals surface area contributed by atoms with Crippen molar-refractivity contribution in [2.45, 2.75) is 26.8 Å². The largest absolute Gasteiger partial charge is 0.459 e. The van der Waals surface area contributed by atoms with Crippen LogP contribution in [0.15, 0.2) is 59.2 Å². The Hall–Kier alpha value is -2.90. The molecule has 6 nitrogen and oxygen atoms in total. The molecule has 3 rings (SSSR count). The summed E-state index contributed by atoms with van der Waals surface area (Å²) in [6, 6.07) is 15.4. The molecular formula is C23H27N3O3S. The molecule has 0 aliphatic carbocycles. The van der Waals surface area contributed by atoms with Gasteiger partial charge in [-0.15, -0.1) is 11.3 Å². The number of likely N-dealkylation sites (N-methyl/N-ethyl adjacent to an activating group) is 1. The molecule has 30 heavy (non-hydrogen) atoms. The Labute approximate surface area is 180 Å². The lowest BCUT2D eigenvalue weighted by molar-refractivity contribution is 0.0937. The highest BCUT2D eigenvalue weighted by atomic mass is 32.1. The average Bonchev–Trinajstić information content (AvgIpc) is 3.41. The summed E-state index contributed by atoms with van der Waals surface area (Å²) < 4.78 is 5.11. The van der Waals surface area contributed by atoms with Crippen LogP contribution in [0.1, 0.15) is 51.2 Å². The van der Waals surface area contributed by atoms with Crippen LogP contribution in [-0.4, -0.2) is 36.3 Å². The Morgan fingerprint density at radius 1 is 1.07 bits per heavy atom. The van der Waals surface area contributed by atoms with Gasteiger partial charge in [-0.25, -0.2) is 0 Å². The van der Waals surface area contributed by atoms with E-state index in [4.69, 9.17) is 4.42 Å². The molecule has 0 aliphatic heterocycles. The molecular weight excluding hydrogens is 398 g/mol. The fourth-order valence-corrected chi connectivity index (χ4v) is 4.40. The van der Waals surface area contributed by atoms with Gasteiger partial charge in [-0.05, 0) is 49.3 Å². The van der Waals surface area contributed by atoms with E-state index in [0.717, 1.165) is 18.7 Å². The quantitative estimate of drug-likeness (QED) is 0.520. The van der Waals surface area contributed by atoms with E-state index < -0.39 is 0 Å². The number of rotatable bonds is 9. The van der Waals surface area contributed by atoms with Gasteiger partial charge in [0.1, 0.15) is 0 Å². The van der Waals surface area contributed by atoms with Crippen LogP contribution in [0, 0.1) is 6.92 Å². The van der Waals surface area contributed by atoms with E-state index in [9.17, 15) is 9.59 Å². The zero-order chi connectivity index (χ0) is 21.5. The van der Waals surface area contributed by atoms with Gasteiger partial charge in [0.2, 0.25) is 0 Å². The molecule has 0 bridgehead atoms. The van der Waals surface area contributed by atoms with Crippen molar-refractivity contribution < 1.29 is 14.0 Å². The molecule has 2 aromatic heterocycles. The van der Waals surface area contributed by atoms with Gasteiger partial charge < -0.3 is 15.1 Å². The summed E-state index contributed by atoms with van der Waals surface area (Å²) in [7, 11) is 0. The Kier molecular flexibility index (Phi) is 7.43. The van der Waals surface area contributed by atoms with Crippen molar-refractivity contribution in [1.29, 1.82) is 0 Å². The summed E-state index contributed by atoms with van der Waals surface area (Å²) in [6.07, 6.45) is 1.45. The molecule has 3 aromatic rings. The molecule has 2 N–H and O–H groups in total. The molecule has 2 amide bonds. The first-order chi connectivity index (χ1) is 14.5. The second-order valence-electron chi connectivity index (χ2n) is 6.91. The molecule has 7 heteroatoms. The number of hydrogen-bond acceptors (Lipinski definition) is 5. The number of nitrogens with zero attached hydrogens (tertiary/aromatic N) is 1. The van der Waals surface area contributed by atoms with Crippen molar-refractivity contribution in [3.63, 3.8) is 0 Å². The van der Waals surface area contributed by atoms with Crippen LogP contribution in [0.5, 0.6) is 0 Å². The lowest BCUT2D eigenvalue weighted by Crippen LogP contribution is -2.38. The summed E-state index contributed by atoms with van der Waals surface area (Å²) in [6.45, 7) is 8.42. The molecule has 0 aliphatic rings. The third-order valence-corrected chi connectivity index (χ3v) is 6.15. The fraction of sp³-hybridized carbons (Fsp3) is 0.304. The molecule has 0 saturated carbocycles. The lowest BCUT2D eigenvalue weighted by Gasteiger charge is -2.30. The summed E-state index contributed by atoms with van der Waals surface area (Å²) in [5.74, 6) is -0.236. The number of nitrogens with one attached hydrogen (secondary N) is 2. The number of benzene rings is 1. The molecule has 1 atom stereocenters. The predicted octanol–water partition coefficient (Wildman–Crippen LogP) is 4.71. The van der Waals surface area contributed by atoms with Crippen LogP contribution >= 0.6 is 11.3 Å². The van der Waals surface area contributed by atoms with Crippen molar-refractivity contribution in [3.05, 3.63) is 76.6 Å². The van der Waals surface area contributed by atoms with E-state index >= 15 is 0 Å². The number of carbonyl (C=O) groups excluding carboxylic acids is 2. The number of carbonyl (C=O) groups is 2. The first-order valence-corrected chi connectivity index (χ1v) is 10.9. The highest BCUT2D eigenvalue weighted by Crippen LogP contribution is 2.27. The number of furan rings is 1. The van der Waals surface area contributed by atoms with Crippen LogP contribution in [0.2, 0.25) is 0 Å². The van der Waals surface area contributed by atoms with E-state index in [2.05, 4.69) is 41.5 Å². The summed E-state index contributed by atoms with van der Waals surface area (Å²) >= 11 is 1.26. The van der Waals surface area contributed by atoms with Gasteiger partial charge in [0.05, 0.1) is 22.2 Å². The zero-order valence-corrected chi connectivity index (χ0v) is 18.3. The van der Waals surface area contributed by atoms with Crippen molar-refractivity contribution in [2.24, 2.45) is 0 Å². The van der Waals surface area contributed by atoms with Gasteiger partial charge in [0.25, 0.3) is 11.8 Å². The third-order valence-electron chi connectivity index (χ3n) is 5.00. The van der Waals surface area contributed by atoms with Gasteiger partial charge in [-0.3, -0.25) is 14.5 Å². The minimum Gasteiger partial charge on any atom is -0.459 e. The smallest absolute Gasteiger partial charge is 0.291 e. The Morgan fingerprint density at radius 2 is 1.80 bits per heavy atom. The first-order valence-electron chi connectivity index (χ1n) is 10.1. The van der Waals surface area contributed by atoms with Crippen LogP contribution in [0.3, 0.4) is 0 Å². The van der Waals surface area contributed by atoms with E-state index in [0.29, 0.717) is 16.4 Å². The van der Waals surface area contributed by atoms with Crippen LogP contribution < -0.4 is 10.6 Å². The van der Waals surface area contributed by atoms with E-state index in [1.54, 1.807) is 18.2 Å². The fourth-order valence-electron chi connectivity index (χ4n) is 3.42. The highest BCUT2D eigenvalue weighted by Gasteiger charge is 2.21. The minimum atomic E-state index is -0.334. The lowest BCUT2D eigenvalue weighted by atomic mass is 10.0. The predicted molar refractivity (Wildman–Crippen MR) is 120 cm³/mol. The maximum atomic E-state index is 12.9. The number of aryl methyl sites for hydroxylation is 1. The van der Waals surface area contributed by atoms with Crippen molar-refractivity contribution in [3.8, 4) is 0 Å². The van der Waals surface area contributed by atoms with Gasteiger partial charge in [0, 0.05) is 6.54 Å². The van der Waals surface area contributed by atoms with Crippen molar-refractivity contribution in [2.75, 3.05) is 25.0 Å². The zero-order valence-electron chi connectivity index (χ0n) is 17.5. The van der Waals surface area contributed by atoms with Gasteiger partial charge in [0.15, 0.2) is 5.76 Å². The molecule has 0 spiro atoms. The summed E-state index contributed by atoms with van der Waals surface area (Å²) in [5, 5.41) is 6.48. The van der Waals surface area contributed by atoms with E-state index in [-0.39, 0.29) is 23.6 Å². The Bertz CT molecular complexity index is 963. The Balaban J connectivity index is 1.68. The monoisotopic (exact) mass is 425 g/mol. The first kappa shape index (κ1) is 21.8. The van der Waals surface area contributed by atoms with Gasteiger partial charge >= 0.3 is 0 Å². The standard InChI is InChI=1S/C23H27N3O3S/c1-4-26(5-2)18(17-10-7-6-8-11-17)15-24-23(28)21-16(3)14-20(30-21)25-22(27)19-12-9-13-29-19/h6-14,18H,4-5,15H2,1-3H3,(H,24,28)(H,25,27). The third kappa shape index (κ3) is 5.17. The molecule has 2 heterocycles. The van der Waals surface area contributed by atoms with Gasteiger partial charge in [-0.2, -0.15) is 0 Å². The SMILES string of the molecule is CCN(CC)C(CNC(=O)c1sc(NC(=O)c2ccco2)cc1C)c1ccccc1. The van der Waals surface area contributed by atoms with Crippen LogP contribution in [0.4, 0.5) is 5.00 Å². The molecule has 158 valence electrons. The van der Waals surface area contributed by atoms with Crippen LogP contribution in [-0.2, 0) is 0 Å². The topological polar surface area (TPSA) is 74.6 Å². The molecule has 1 unspecified atom stereocenters. The molecule has 0 saturated heterocycles. The number of amides is 2. The number of hydrogen-bond donors (Lipinski definition) is 2. The summed E-state index contributed by atoms with van der Waals surface area (Å²) in [5.41, 5.74) is 2.00. The van der Waals surface area contributed by atoms with Crippen LogP contribution in [0.25, 0.3) is 0 Å². The number of thiophene rings is 1. The van der Waals surface area contributed by atoms with E-state index in [1.165, 1.54) is 23.2 Å². The Morgan fingerprint density at radius 3 is 2.43 bits per heavy atom. The van der Waals surface area contributed by atoms with E-state index in [1.807, 2.05) is 25.1 Å². The second-order valence-corrected chi connectivity index (χ2v) is 7.96. The molecule has 0 radical (unpaired) electrons. The second kappa shape index (κ2) is 10.2. The van der Waals surface area contributed by atoms with Crippen molar-refractivity contribution in [1.82, 2.24) is 10.2 Å².